The molecule has 1 fully saturated rings. The Morgan fingerprint density at radius 1 is 1.32 bits per heavy atom. The third kappa shape index (κ3) is 5.77. The number of amides is 1. The van der Waals surface area contributed by atoms with E-state index in [4.69, 9.17) is 0 Å². The van der Waals surface area contributed by atoms with Crippen molar-refractivity contribution in [3.05, 3.63) is 17.5 Å². The van der Waals surface area contributed by atoms with Gasteiger partial charge in [-0.25, -0.2) is 8.42 Å². The molecule has 0 unspecified atom stereocenters. The minimum Gasteiger partial charge on any atom is -0.355 e. The summed E-state index contributed by atoms with van der Waals surface area (Å²) in [5.41, 5.74) is 0. The maximum atomic E-state index is 12.5. The Bertz CT molecular complexity index is 620. The molecule has 0 radical (unpaired) electrons. The van der Waals surface area contributed by atoms with E-state index in [0.29, 0.717) is 30.3 Å². The predicted octanol–water partition coefficient (Wildman–Crippen LogP) is 2.00. The van der Waals surface area contributed by atoms with Gasteiger partial charge in [-0.2, -0.15) is 4.31 Å². The van der Waals surface area contributed by atoms with Crippen LogP contribution in [0.3, 0.4) is 0 Å². The molecule has 1 N–H and O–H groups in total. The Morgan fingerprint density at radius 3 is 2.56 bits per heavy atom. The highest BCUT2D eigenvalue weighted by atomic mass is 32.2. The molecule has 142 valence electrons. The average Bonchev–Trinajstić information content (AvgIpc) is 3.15. The second kappa shape index (κ2) is 9.66. The first-order chi connectivity index (χ1) is 12.0. The maximum absolute atomic E-state index is 12.5. The highest BCUT2D eigenvalue weighted by Gasteiger charge is 2.30. The quantitative estimate of drug-likeness (QED) is 0.704. The number of hydrogen-bond donors (Lipinski definition) is 1. The van der Waals surface area contributed by atoms with Crippen LogP contribution in [0.1, 0.15) is 33.1 Å². The van der Waals surface area contributed by atoms with Crippen molar-refractivity contribution >= 4 is 27.3 Å². The zero-order valence-electron chi connectivity index (χ0n) is 15.1. The summed E-state index contributed by atoms with van der Waals surface area (Å²) in [5.74, 6) is 0.343. The summed E-state index contributed by atoms with van der Waals surface area (Å²) in [6, 6.07) is 3.41. The second-order valence-corrected chi connectivity index (χ2v) is 9.47. The normalized spacial score (nSPS) is 17.1. The SMILES string of the molecule is CCN(CC)CCNC(=O)CC1CCN(S(=O)(=O)c2cccs2)CC1. The van der Waals surface area contributed by atoms with Crippen LogP contribution in [-0.2, 0) is 14.8 Å². The van der Waals surface area contributed by atoms with E-state index < -0.39 is 10.0 Å². The van der Waals surface area contributed by atoms with Gasteiger partial charge in [-0.1, -0.05) is 19.9 Å². The zero-order chi connectivity index (χ0) is 18.3. The van der Waals surface area contributed by atoms with E-state index in [1.165, 1.54) is 11.3 Å². The number of carbonyl (C=O) groups excluding carboxylic acids is 1. The molecule has 1 aliphatic rings. The third-order valence-electron chi connectivity index (χ3n) is 4.78. The van der Waals surface area contributed by atoms with Gasteiger partial charge in [0, 0.05) is 32.6 Å². The molecule has 0 saturated carbocycles. The minimum atomic E-state index is -3.35. The fraction of sp³-hybridized carbons (Fsp3) is 0.706. The van der Waals surface area contributed by atoms with Crippen LogP contribution in [0, 0.1) is 5.92 Å². The molecule has 0 spiro atoms. The van der Waals surface area contributed by atoms with Gasteiger partial charge in [0.15, 0.2) is 0 Å². The summed E-state index contributed by atoms with van der Waals surface area (Å²) in [6.07, 6.45) is 1.98. The van der Waals surface area contributed by atoms with Gasteiger partial charge in [0.05, 0.1) is 0 Å². The minimum absolute atomic E-state index is 0.0757. The molecule has 6 nitrogen and oxygen atoms in total. The number of piperidine rings is 1. The van der Waals surface area contributed by atoms with Gasteiger partial charge >= 0.3 is 0 Å². The van der Waals surface area contributed by atoms with Crippen molar-refractivity contribution in [2.45, 2.75) is 37.3 Å². The summed E-state index contributed by atoms with van der Waals surface area (Å²) in [7, 11) is -3.35. The van der Waals surface area contributed by atoms with Crippen LogP contribution >= 0.6 is 11.3 Å². The Kier molecular flexibility index (Phi) is 7.86. The van der Waals surface area contributed by atoms with Gasteiger partial charge in [-0.3, -0.25) is 4.79 Å². The molecular weight excluding hydrogens is 358 g/mol. The van der Waals surface area contributed by atoms with Gasteiger partial charge in [0.25, 0.3) is 10.0 Å². The number of hydrogen-bond acceptors (Lipinski definition) is 5. The average molecular weight is 388 g/mol. The molecule has 0 aromatic carbocycles. The van der Waals surface area contributed by atoms with Crippen molar-refractivity contribution in [3.63, 3.8) is 0 Å². The Morgan fingerprint density at radius 2 is 2.00 bits per heavy atom. The van der Waals surface area contributed by atoms with E-state index in [2.05, 4.69) is 24.1 Å². The fourth-order valence-electron chi connectivity index (χ4n) is 3.12. The topological polar surface area (TPSA) is 69.7 Å². The molecule has 0 aliphatic carbocycles. The van der Waals surface area contributed by atoms with Crippen molar-refractivity contribution < 1.29 is 13.2 Å². The van der Waals surface area contributed by atoms with E-state index in [0.717, 1.165) is 32.5 Å². The Hall–Kier alpha value is -0.960. The zero-order valence-corrected chi connectivity index (χ0v) is 16.7. The third-order valence-corrected chi connectivity index (χ3v) is 8.05. The molecule has 1 saturated heterocycles. The maximum Gasteiger partial charge on any atom is 0.252 e. The smallest absolute Gasteiger partial charge is 0.252 e. The van der Waals surface area contributed by atoms with Crippen LogP contribution in [0.25, 0.3) is 0 Å². The largest absolute Gasteiger partial charge is 0.355 e. The number of rotatable bonds is 9. The number of nitrogens with one attached hydrogen (secondary N) is 1. The standard InChI is InChI=1S/C17H29N3O3S2/c1-3-19(4-2)12-9-18-16(21)14-15-7-10-20(11-8-15)25(22,23)17-6-5-13-24-17/h5-6,13,15H,3-4,7-12,14H2,1-2H3,(H,18,21). The van der Waals surface area contributed by atoms with Crippen molar-refractivity contribution in [1.29, 1.82) is 0 Å². The van der Waals surface area contributed by atoms with Crippen LogP contribution in [0.4, 0.5) is 0 Å². The van der Waals surface area contributed by atoms with E-state index in [-0.39, 0.29) is 11.8 Å². The van der Waals surface area contributed by atoms with Crippen LogP contribution in [0.2, 0.25) is 0 Å². The molecule has 8 heteroatoms. The molecule has 1 aromatic heterocycles. The number of thiophene rings is 1. The first-order valence-corrected chi connectivity index (χ1v) is 11.3. The molecule has 0 atom stereocenters. The van der Waals surface area contributed by atoms with Gasteiger partial charge < -0.3 is 10.2 Å². The fourth-order valence-corrected chi connectivity index (χ4v) is 5.73. The number of nitrogens with zero attached hydrogens (tertiary/aromatic N) is 2. The lowest BCUT2D eigenvalue weighted by atomic mass is 9.94. The lowest BCUT2D eigenvalue weighted by Crippen LogP contribution is -2.40. The first kappa shape index (κ1) is 20.4. The molecule has 2 rings (SSSR count). The van der Waals surface area contributed by atoms with Crippen molar-refractivity contribution in [2.24, 2.45) is 5.92 Å². The monoisotopic (exact) mass is 387 g/mol. The molecule has 1 aromatic rings. The van der Waals surface area contributed by atoms with E-state index in [1.807, 2.05) is 0 Å². The number of carbonyl (C=O) groups is 1. The van der Waals surface area contributed by atoms with E-state index >= 15 is 0 Å². The van der Waals surface area contributed by atoms with Crippen LogP contribution in [0.5, 0.6) is 0 Å². The molecule has 0 bridgehead atoms. The summed E-state index contributed by atoms with van der Waals surface area (Å²) >= 11 is 1.25. The molecule has 2 heterocycles. The van der Waals surface area contributed by atoms with E-state index in [9.17, 15) is 13.2 Å². The van der Waals surface area contributed by atoms with E-state index in [1.54, 1.807) is 21.8 Å². The summed E-state index contributed by atoms with van der Waals surface area (Å²) in [6.45, 7) is 8.75. The van der Waals surface area contributed by atoms with Gasteiger partial charge in [0.2, 0.25) is 5.91 Å². The second-order valence-electron chi connectivity index (χ2n) is 6.36. The molecular formula is C17H29N3O3S2. The van der Waals surface area contributed by atoms with Crippen molar-refractivity contribution in [1.82, 2.24) is 14.5 Å². The van der Waals surface area contributed by atoms with Crippen LogP contribution in [-0.4, -0.2) is 62.8 Å². The van der Waals surface area contributed by atoms with Gasteiger partial charge in [-0.05, 0) is 43.3 Å². The van der Waals surface area contributed by atoms with Crippen LogP contribution in [0.15, 0.2) is 21.7 Å². The van der Waals surface area contributed by atoms with Gasteiger partial charge in [-0.15, -0.1) is 11.3 Å². The molecule has 1 amide bonds. The van der Waals surface area contributed by atoms with Crippen LogP contribution < -0.4 is 5.32 Å². The van der Waals surface area contributed by atoms with Crippen molar-refractivity contribution in [3.8, 4) is 0 Å². The number of likely N-dealkylation sites (N-methyl/N-ethyl adjacent to an activating group) is 1. The first-order valence-electron chi connectivity index (χ1n) is 9.00. The lowest BCUT2D eigenvalue weighted by molar-refractivity contribution is -0.122. The lowest BCUT2D eigenvalue weighted by Gasteiger charge is -2.30. The van der Waals surface area contributed by atoms with Crippen molar-refractivity contribution in [2.75, 3.05) is 39.3 Å². The van der Waals surface area contributed by atoms with Gasteiger partial charge in [0.1, 0.15) is 4.21 Å². The summed E-state index contributed by atoms with van der Waals surface area (Å²) in [5, 5.41) is 4.76. The highest BCUT2D eigenvalue weighted by Crippen LogP contribution is 2.27. The highest BCUT2D eigenvalue weighted by molar-refractivity contribution is 7.91. The Labute approximate surface area is 155 Å². The molecule has 1 aliphatic heterocycles. The predicted molar refractivity (Wildman–Crippen MR) is 101 cm³/mol. The molecule has 25 heavy (non-hydrogen) atoms. The summed E-state index contributed by atoms with van der Waals surface area (Å²) in [4.78, 5) is 14.3. The summed E-state index contributed by atoms with van der Waals surface area (Å²) < 4.78 is 26.9. The Balaban J connectivity index is 1.72. The number of sulfonamides is 1.